The van der Waals surface area contributed by atoms with Gasteiger partial charge in [-0.15, -0.1) is 0 Å². The first-order chi connectivity index (χ1) is 23.6. The monoisotopic (exact) mass is 646 g/mol. The lowest BCUT2D eigenvalue weighted by Gasteiger charge is -2.28. The van der Waals surface area contributed by atoms with Crippen molar-refractivity contribution >= 4 is 40.2 Å². The molecule has 6 rings (SSSR count). The zero-order valence-electron chi connectivity index (χ0n) is 26.5. The number of rotatable bonds is 13. The average Bonchev–Trinajstić information content (AvgIpc) is 3.12. The van der Waals surface area contributed by atoms with E-state index in [1.165, 1.54) is 10.6 Å². The molecule has 1 amide bonds. The second-order valence-electron chi connectivity index (χ2n) is 11.2. The Morgan fingerprint density at radius 2 is 1.92 bits per heavy atom. The van der Waals surface area contributed by atoms with Crippen molar-refractivity contribution < 1.29 is 14.3 Å². The Hall–Kier alpha value is -5.59. The van der Waals surface area contributed by atoms with E-state index in [1.807, 2.05) is 48.6 Å². The van der Waals surface area contributed by atoms with Crippen molar-refractivity contribution in [2.75, 3.05) is 56.2 Å². The van der Waals surface area contributed by atoms with Crippen LogP contribution in [0, 0.1) is 0 Å². The molecule has 5 aromatic rings. The van der Waals surface area contributed by atoms with E-state index in [9.17, 15) is 9.59 Å². The van der Waals surface area contributed by atoms with Crippen LogP contribution in [0.3, 0.4) is 0 Å². The smallest absolute Gasteiger partial charge is 0.263 e. The fourth-order valence-electron chi connectivity index (χ4n) is 5.34. The second-order valence-corrected chi connectivity index (χ2v) is 11.2. The molecule has 1 aliphatic heterocycles. The van der Waals surface area contributed by atoms with Crippen LogP contribution in [0.5, 0.6) is 5.75 Å². The number of carbonyl (C=O) groups excluding carboxylic acids is 1. The van der Waals surface area contributed by atoms with Crippen molar-refractivity contribution in [2.24, 2.45) is 5.73 Å². The number of benzene rings is 2. The number of hydrogen-bond acceptors (Lipinski definition) is 10. The molecule has 1 aliphatic rings. The van der Waals surface area contributed by atoms with Crippen molar-refractivity contribution in [1.82, 2.24) is 24.8 Å². The van der Waals surface area contributed by atoms with Crippen LogP contribution in [0.4, 0.5) is 17.3 Å². The fourth-order valence-corrected chi connectivity index (χ4v) is 5.34. The number of morpholine rings is 1. The Morgan fingerprint density at radius 1 is 1.06 bits per heavy atom. The minimum atomic E-state index is -0.446. The van der Waals surface area contributed by atoms with Crippen LogP contribution in [0.1, 0.15) is 27.9 Å². The van der Waals surface area contributed by atoms with Gasteiger partial charge in [-0.2, -0.15) is 0 Å². The molecule has 0 radical (unpaired) electrons. The van der Waals surface area contributed by atoms with Crippen molar-refractivity contribution in [3.8, 4) is 5.75 Å². The molecule has 2 aromatic carbocycles. The summed E-state index contributed by atoms with van der Waals surface area (Å²) in [5.41, 5.74) is 9.84. The summed E-state index contributed by atoms with van der Waals surface area (Å²) in [6, 6.07) is 19.0. The van der Waals surface area contributed by atoms with E-state index in [1.54, 1.807) is 30.9 Å². The standard InChI is InChI=1S/C36H38N8O4/c37-12-4-18-48-32-22-26(5-2-14-39-34(45)31-7-3-15-44(35(31)46)25-27-6-1-13-38-23-27)21-28-24-40-36(42-33(28)32)41-29-8-10-30(11-9-29)43-16-19-47-20-17-43/h1-3,5-11,13,15,21-24H,4,12,14,16-20,25,37H2,(H,39,45)(H,40,41,42)/b5-2+. The molecule has 246 valence electrons. The molecule has 48 heavy (non-hydrogen) atoms. The molecule has 3 aromatic heterocycles. The molecular weight excluding hydrogens is 608 g/mol. The fraction of sp³-hybridized carbons (Fsp3) is 0.250. The molecular formula is C36H38N8O4. The topological polar surface area (TPSA) is 150 Å². The number of carbonyl (C=O) groups is 1. The molecule has 12 heteroatoms. The van der Waals surface area contributed by atoms with E-state index < -0.39 is 5.91 Å². The third kappa shape index (κ3) is 8.21. The van der Waals surface area contributed by atoms with Gasteiger partial charge in [-0.3, -0.25) is 14.6 Å². The number of nitrogens with one attached hydrogen (secondary N) is 2. The Balaban J connectivity index is 1.13. The maximum absolute atomic E-state index is 13.0. The highest BCUT2D eigenvalue weighted by Crippen LogP contribution is 2.29. The maximum atomic E-state index is 13.0. The maximum Gasteiger partial charge on any atom is 0.263 e. The third-order valence-electron chi connectivity index (χ3n) is 7.81. The normalized spacial score (nSPS) is 13.1. The van der Waals surface area contributed by atoms with E-state index in [2.05, 4.69) is 37.6 Å². The van der Waals surface area contributed by atoms with Gasteiger partial charge in [0.2, 0.25) is 5.95 Å². The first-order valence-electron chi connectivity index (χ1n) is 15.9. The number of ether oxygens (including phenoxy) is 2. The summed E-state index contributed by atoms with van der Waals surface area (Å²) in [6.45, 7) is 4.74. The molecule has 0 aliphatic carbocycles. The summed E-state index contributed by atoms with van der Waals surface area (Å²) in [5.74, 6) is 0.617. The van der Waals surface area contributed by atoms with Gasteiger partial charge in [0.1, 0.15) is 16.8 Å². The number of pyridine rings is 2. The third-order valence-corrected chi connectivity index (χ3v) is 7.81. The van der Waals surface area contributed by atoms with E-state index >= 15 is 0 Å². The lowest BCUT2D eigenvalue weighted by atomic mass is 10.1. The molecule has 0 spiro atoms. The Morgan fingerprint density at radius 3 is 2.71 bits per heavy atom. The van der Waals surface area contributed by atoms with E-state index in [0.29, 0.717) is 43.3 Å². The summed E-state index contributed by atoms with van der Waals surface area (Å²) < 4.78 is 13.1. The SMILES string of the molecule is NCCCOc1cc(/C=C/CNC(=O)c2cccn(Cc3cccnc3)c2=O)cc2cnc(Nc3ccc(N4CCOCC4)cc3)nc12. The highest BCUT2D eigenvalue weighted by Gasteiger charge is 2.14. The summed E-state index contributed by atoms with van der Waals surface area (Å²) in [7, 11) is 0. The van der Waals surface area contributed by atoms with E-state index in [0.717, 1.165) is 54.2 Å². The van der Waals surface area contributed by atoms with Crippen LogP contribution in [0.15, 0.2) is 96.3 Å². The predicted molar refractivity (Wildman–Crippen MR) is 187 cm³/mol. The van der Waals surface area contributed by atoms with E-state index in [-0.39, 0.29) is 17.7 Å². The number of anilines is 3. The van der Waals surface area contributed by atoms with Crippen LogP contribution in [-0.2, 0) is 11.3 Å². The molecule has 12 nitrogen and oxygen atoms in total. The summed E-state index contributed by atoms with van der Waals surface area (Å²) in [4.78, 5) is 41.6. The second kappa shape index (κ2) is 15.8. The molecule has 4 heterocycles. The van der Waals surface area contributed by atoms with Crippen molar-refractivity contribution in [1.29, 1.82) is 0 Å². The summed E-state index contributed by atoms with van der Waals surface area (Å²) in [6.07, 6.45) is 11.2. The molecule has 0 saturated carbocycles. The van der Waals surface area contributed by atoms with Gasteiger partial charge in [0.15, 0.2) is 0 Å². The van der Waals surface area contributed by atoms with Gasteiger partial charge in [0.25, 0.3) is 11.5 Å². The molecule has 1 saturated heterocycles. The highest BCUT2D eigenvalue weighted by molar-refractivity contribution is 5.94. The summed E-state index contributed by atoms with van der Waals surface area (Å²) >= 11 is 0. The van der Waals surface area contributed by atoms with Crippen molar-refractivity contribution in [2.45, 2.75) is 13.0 Å². The van der Waals surface area contributed by atoms with Crippen molar-refractivity contribution in [3.05, 3.63) is 119 Å². The molecule has 1 fully saturated rings. The molecule has 0 unspecified atom stereocenters. The number of aromatic nitrogens is 4. The van der Waals surface area contributed by atoms with Gasteiger partial charge in [-0.1, -0.05) is 18.2 Å². The van der Waals surface area contributed by atoms with Crippen LogP contribution in [0.25, 0.3) is 17.0 Å². The van der Waals surface area contributed by atoms with Gasteiger partial charge in [0.05, 0.1) is 26.4 Å². The first kappa shape index (κ1) is 32.4. The number of hydrogen-bond donors (Lipinski definition) is 3. The Labute approximate surface area is 278 Å². The number of nitrogens with two attached hydrogens (primary N) is 1. The minimum absolute atomic E-state index is 0.0747. The number of nitrogens with zero attached hydrogens (tertiary/aromatic N) is 5. The van der Waals surface area contributed by atoms with Crippen LogP contribution < -0.4 is 31.6 Å². The minimum Gasteiger partial charge on any atom is -0.491 e. The first-order valence-corrected chi connectivity index (χ1v) is 15.9. The van der Waals surface area contributed by atoms with Crippen LogP contribution in [0.2, 0.25) is 0 Å². The van der Waals surface area contributed by atoms with Crippen LogP contribution in [-0.4, -0.2) is 71.4 Å². The Kier molecular flexibility index (Phi) is 10.7. The van der Waals surface area contributed by atoms with E-state index in [4.69, 9.17) is 20.2 Å². The lowest BCUT2D eigenvalue weighted by molar-refractivity contribution is 0.0956. The van der Waals surface area contributed by atoms with Gasteiger partial charge in [-0.05, 0) is 78.7 Å². The number of amides is 1. The zero-order valence-corrected chi connectivity index (χ0v) is 26.5. The van der Waals surface area contributed by atoms with Gasteiger partial charge in [-0.25, -0.2) is 9.97 Å². The molecule has 4 N–H and O–H groups in total. The summed E-state index contributed by atoms with van der Waals surface area (Å²) in [5, 5.41) is 6.91. The van der Waals surface area contributed by atoms with Gasteiger partial charge >= 0.3 is 0 Å². The molecule has 0 atom stereocenters. The Bertz CT molecular complexity index is 1920. The quantitative estimate of drug-likeness (QED) is 0.160. The largest absolute Gasteiger partial charge is 0.491 e. The van der Waals surface area contributed by atoms with Gasteiger partial charge in [0, 0.05) is 61.2 Å². The van der Waals surface area contributed by atoms with Crippen molar-refractivity contribution in [3.63, 3.8) is 0 Å². The van der Waals surface area contributed by atoms with Gasteiger partial charge < -0.3 is 35.3 Å². The average molecular weight is 647 g/mol. The highest BCUT2D eigenvalue weighted by atomic mass is 16.5. The predicted octanol–water partition coefficient (Wildman–Crippen LogP) is 3.99. The number of fused-ring (bicyclic) bond motifs is 1. The zero-order chi connectivity index (χ0) is 33.1. The lowest BCUT2D eigenvalue weighted by Crippen LogP contribution is -2.36. The molecule has 0 bridgehead atoms. The van der Waals surface area contributed by atoms with Crippen LogP contribution >= 0.6 is 0 Å².